The van der Waals surface area contributed by atoms with E-state index in [9.17, 15) is 0 Å². The molecule has 0 amide bonds. The number of aromatic nitrogens is 1. The highest BCUT2D eigenvalue weighted by atomic mass is 14.7. The molecule has 0 spiro atoms. The van der Waals surface area contributed by atoms with Gasteiger partial charge in [-0.2, -0.15) is 0 Å². The first kappa shape index (κ1) is 7.23. The Bertz CT molecular complexity index is 746. The number of fused-ring (bicyclic) bond motifs is 1. The highest BCUT2D eigenvalue weighted by molar-refractivity contribution is 5.86. The quantitative estimate of drug-likeness (QED) is 0.601. The van der Waals surface area contributed by atoms with Gasteiger partial charge in [-0.15, -0.1) is 0 Å². The van der Waals surface area contributed by atoms with Crippen LogP contribution in [-0.4, -0.2) is 4.98 Å². The topological polar surface area (TPSA) is 12.9 Å². The molecule has 0 aliphatic carbocycles. The Labute approximate surface area is 105 Å². The molecular weight excluding hydrogens is 206 g/mol. The Balaban J connectivity index is 2.02. The predicted octanol–water partition coefficient (Wildman–Crippen LogP) is 4.21. The van der Waals surface area contributed by atoms with E-state index in [0.717, 1.165) is 16.6 Å². The summed E-state index contributed by atoms with van der Waals surface area (Å²) >= 11 is 0. The van der Waals surface area contributed by atoms with Crippen LogP contribution in [0.15, 0.2) is 60.8 Å². The summed E-state index contributed by atoms with van der Waals surface area (Å²) in [5.41, 5.74) is 2.03. The smallest absolute Gasteiger partial charge is 0.0702 e. The highest BCUT2D eigenvalue weighted by Gasteiger charge is 2.00. The van der Waals surface area contributed by atoms with E-state index in [2.05, 4.69) is 23.2 Å². The molecule has 0 aliphatic heterocycles. The molecule has 0 bridgehead atoms. The maximum atomic E-state index is 7.35. The Kier molecular flexibility index (Phi) is 1.71. The van der Waals surface area contributed by atoms with Gasteiger partial charge < -0.3 is 0 Å². The minimum atomic E-state index is -2.10. The number of benzene rings is 2. The monoisotopic (exact) mass is 222 g/mol. The molecule has 0 radical (unpaired) electrons. The van der Waals surface area contributed by atoms with Crippen molar-refractivity contribution in [2.45, 2.75) is 6.85 Å². The van der Waals surface area contributed by atoms with Crippen molar-refractivity contribution >= 4 is 10.8 Å². The second kappa shape index (κ2) is 4.02. The third-order valence-corrected chi connectivity index (χ3v) is 2.81. The van der Waals surface area contributed by atoms with Gasteiger partial charge in [0.25, 0.3) is 0 Å². The first-order chi connectivity index (χ1) is 9.54. The molecule has 2 aromatic carbocycles. The summed E-state index contributed by atoms with van der Waals surface area (Å²) in [5.74, 6) is 0. The summed E-state index contributed by atoms with van der Waals surface area (Å²) in [6.45, 7) is -2.10. The van der Waals surface area contributed by atoms with Crippen molar-refractivity contribution in [1.82, 2.24) is 4.98 Å². The first-order valence-electron chi connectivity index (χ1n) is 7.00. The van der Waals surface area contributed by atoms with Gasteiger partial charge in [0.1, 0.15) is 0 Å². The van der Waals surface area contributed by atoms with E-state index in [1.54, 1.807) is 12.1 Å². The van der Waals surface area contributed by atoms with Gasteiger partial charge in [-0.25, -0.2) is 0 Å². The molecule has 1 nitrogen and oxygen atoms in total. The van der Waals surface area contributed by atoms with Crippen molar-refractivity contribution in [3.05, 3.63) is 66.4 Å². The van der Waals surface area contributed by atoms with E-state index in [0.29, 0.717) is 0 Å². The van der Waals surface area contributed by atoms with Crippen molar-refractivity contribution in [1.29, 1.82) is 0 Å². The molecule has 82 valence electrons. The molecule has 3 rings (SSSR count). The lowest BCUT2D eigenvalue weighted by molar-refractivity contribution is 1.27. The third kappa shape index (κ3) is 1.92. The Morgan fingerprint density at radius 3 is 2.59 bits per heavy atom. The van der Waals surface area contributed by atoms with Crippen LogP contribution >= 0.6 is 0 Å². The second-order valence-electron chi connectivity index (χ2n) is 3.99. The fourth-order valence-corrected chi connectivity index (χ4v) is 1.91. The number of hydrogen-bond donors (Lipinski definition) is 0. The SMILES string of the molecule is [2H]C([2H])([2H])c1ccc(-c2ccc3ccccc3c2)nc1. The molecular formula is C16H13N. The van der Waals surface area contributed by atoms with Crippen molar-refractivity contribution in [3.63, 3.8) is 0 Å². The second-order valence-corrected chi connectivity index (χ2v) is 3.99. The summed E-state index contributed by atoms with van der Waals surface area (Å²) in [4.78, 5) is 4.26. The number of hydrogen-bond acceptors (Lipinski definition) is 1. The first-order valence-corrected chi connectivity index (χ1v) is 5.50. The Morgan fingerprint density at radius 2 is 1.82 bits per heavy atom. The number of aryl methyl sites for hydroxylation is 1. The minimum Gasteiger partial charge on any atom is -0.256 e. The molecule has 0 fully saturated rings. The van der Waals surface area contributed by atoms with Gasteiger partial charge in [-0.3, -0.25) is 4.98 Å². The van der Waals surface area contributed by atoms with Crippen LogP contribution in [-0.2, 0) is 0 Å². The normalized spacial score (nSPS) is 14.0. The summed E-state index contributed by atoms with van der Waals surface area (Å²) in [7, 11) is 0. The van der Waals surface area contributed by atoms with Gasteiger partial charge in [0.15, 0.2) is 0 Å². The van der Waals surface area contributed by atoms with E-state index in [1.165, 1.54) is 11.6 Å². The molecule has 0 unspecified atom stereocenters. The zero-order valence-electron chi connectivity index (χ0n) is 12.2. The van der Waals surface area contributed by atoms with Crippen molar-refractivity contribution in [2.24, 2.45) is 0 Å². The largest absolute Gasteiger partial charge is 0.256 e. The zero-order valence-corrected chi connectivity index (χ0v) is 9.22. The van der Waals surface area contributed by atoms with Crippen LogP contribution in [0.4, 0.5) is 0 Å². The molecule has 0 atom stereocenters. The average Bonchev–Trinajstić information content (AvgIpc) is 2.46. The Hall–Kier alpha value is -2.15. The molecule has 1 aromatic heterocycles. The third-order valence-electron chi connectivity index (χ3n) is 2.81. The molecule has 0 aliphatic rings. The predicted molar refractivity (Wildman–Crippen MR) is 71.9 cm³/mol. The summed E-state index contributed by atoms with van der Waals surface area (Å²) in [6.07, 6.45) is 1.43. The highest BCUT2D eigenvalue weighted by Crippen LogP contribution is 2.22. The van der Waals surface area contributed by atoms with Gasteiger partial charge in [-0.05, 0) is 35.3 Å². The van der Waals surface area contributed by atoms with Gasteiger partial charge in [-0.1, -0.05) is 42.5 Å². The molecule has 3 aromatic rings. The van der Waals surface area contributed by atoms with Crippen LogP contribution < -0.4 is 0 Å². The lowest BCUT2D eigenvalue weighted by atomic mass is 10.0. The van der Waals surface area contributed by atoms with Crippen LogP contribution in [0.1, 0.15) is 9.68 Å². The zero-order chi connectivity index (χ0) is 14.2. The van der Waals surface area contributed by atoms with Gasteiger partial charge in [0.05, 0.1) is 5.69 Å². The number of rotatable bonds is 1. The molecule has 0 N–H and O–H groups in total. The lowest BCUT2D eigenvalue weighted by Gasteiger charge is -2.03. The lowest BCUT2D eigenvalue weighted by Crippen LogP contribution is -1.84. The standard InChI is InChI=1S/C16H13N/c1-12-6-9-16(17-11-12)15-8-7-13-4-2-3-5-14(13)10-15/h2-11H,1H3/i1D3. The van der Waals surface area contributed by atoms with Gasteiger partial charge in [0.2, 0.25) is 0 Å². The van der Waals surface area contributed by atoms with Crippen molar-refractivity contribution in [2.75, 3.05) is 0 Å². The van der Waals surface area contributed by atoms with E-state index >= 15 is 0 Å². The average molecular weight is 222 g/mol. The Morgan fingerprint density at radius 1 is 0.941 bits per heavy atom. The van der Waals surface area contributed by atoms with Crippen molar-refractivity contribution in [3.8, 4) is 11.3 Å². The van der Waals surface area contributed by atoms with E-state index in [4.69, 9.17) is 4.11 Å². The maximum absolute atomic E-state index is 7.35. The van der Waals surface area contributed by atoms with Crippen LogP contribution in [0.5, 0.6) is 0 Å². The maximum Gasteiger partial charge on any atom is 0.0702 e. The fourth-order valence-electron chi connectivity index (χ4n) is 1.91. The number of pyridine rings is 1. The van der Waals surface area contributed by atoms with Crippen LogP contribution in [0.2, 0.25) is 0 Å². The van der Waals surface area contributed by atoms with E-state index < -0.39 is 6.85 Å². The fraction of sp³-hybridized carbons (Fsp3) is 0.0625. The summed E-state index contributed by atoms with van der Waals surface area (Å²) in [5, 5.41) is 2.32. The summed E-state index contributed by atoms with van der Waals surface area (Å²) in [6, 6.07) is 17.6. The number of nitrogens with zero attached hydrogens (tertiary/aromatic N) is 1. The van der Waals surface area contributed by atoms with Crippen LogP contribution in [0.3, 0.4) is 0 Å². The van der Waals surface area contributed by atoms with E-state index in [1.807, 2.05) is 24.3 Å². The van der Waals surface area contributed by atoms with Crippen molar-refractivity contribution < 1.29 is 4.11 Å². The molecule has 0 saturated carbocycles. The summed E-state index contributed by atoms with van der Waals surface area (Å²) < 4.78 is 22.0. The van der Waals surface area contributed by atoms with Crippen LogP contribution in [0.25, 0.3) is 22.0 Å². The molecule has 1 heteroatoms. The van der Waals surface area contributed by atoms with E-state index in [-0.39, 0.29) is 5.56 Å². The molecule has 1 heterocycles. The van der Waals surface area contributed by atoms with Crippen LogP contribution in [0, 0.1) is 6.85 Å². The van der Waals surface area contributed by atoms with Gasteiger partial charge in [0, 0.05) is 15.9 Å². The minimum absolute atomic E-state index is 0.266. The van der Waals surface area contributed by atoms with Gasteiger partial charge >= 0.3 is 0 Å². The molecule has 0 saturated heterocycles. The molecule has 17 heavy (non-hydrogen) atoms.